The van der Waals surface area contributed by atoms with Gasteiger partial charge in [0.1, 0.15) is 0 Å². The highest BCUT2D eigenvalue weighted by molar-refractivity contribution is 7.99. The Kier molecular flexibility index (Phi) is 3.06. The van der Waals surface area contributed by atoms with Crippen molar-refractivity contribution < 1.29 is 0 Å². The summed E-state index contributed by atoms with van der Waals surface area (Å²) in [6, 6.07) is 8.64. The third-order valence-corrected chi connectivity index (χ3v) is 3.29. The fourth-order valence-electron chi connectivity index (χ4n) is 1.28. The number of aromatic amines is 1. The molecule has 0 unspecified atom stereocenters. The number of aromatic nitrogens is 2. The molecule has 88 valence electrons. The number of H-pyrrole nitrogens is 1. The fourth-order valence-corrected chi connectivity index (χ4v) is 2.15. The Hall–Kier alpha value is -1.95. The van der Waals surface area contributed by atoms with Crippen molar-refractivity contribution in [3.05, 3.63) is 51.2 Å². The van der Waals surface area contributed by atoms with Gasteiger partial charge in [0.05, 0.1) is 5.03 Å². The molecule has 2 aromatic rings. The van der Waals surface area contributed by atoms with E-state index in [0.29, 0.717) is 10.7 Å². The van der Waals surface area contributed by atoms with E-state index < -0.39 is 5.69 Å². The Morgan fingerprint density at radius 1 is 1.29 bits per heavy atom. The molecular formula is C11H11N3O2S. The van der Waals surface area contributed by atoms with Crippen LogP contribution in [0.5, 0.6) is 0 Å². The predicted octanol–water partition coefficient (Wildman–Crippen LogP) is 0.807. The zero-order chi connectivity index (χ0) is 12.4. The third-order valence-electron chi connectivity index (χ3n) is 2.26. The molecule has 0 spiro atoms. The molecule has 0 saturated heterocycles. The number of nitrogens with one attached hydrogen (secondary N) is 1. The van der Waals surface area contributed by atoms with Gasteiger partial charge in [0.2, 0.25) is 0 Å². The molecule has 5 nitrogen and oxygen atoms in total. The molecule has 0 aliphatic carbocycles. The highest BCUT2D eigenvalue weighted by Crippen LogP contribution is 2.29. The lowest BCUT2D eigenvalue weighted by atomic mass is 10.3. The van der Waals surface area contributed by atoms with Crippen molar-refractivity contribution in [3.8, 4) is 0 Å². The van der Waals surface area contributed by atoms with Gasteiger partial charge >= 0.3 is 5.69 Å². The van der Waals surface area contributed by atoms with E-state index in [2.05, 4.69) is 4.98 Å². The summed E-state index contributed by atoms with van der Waals surface area (Å²) in [7, 11) is 1.42. The quantitative estimate of drug-likeness (QED) is 0.609. The van der Waals surface area contributed by atoms with Gasteiger partial charge < -0.3 is 10.7 Å². The highest BCUT2D eigenvalue weighted by Gasteiger charge is 2.04. The van der Waals surface area contributed by atoms with Crippen molar-refractivity contribution >= 4 is 17.4 Å². The molecule has 6 heteroatoms. The van der Waals surface area contributed by atoms with Gasteiger partial charge in [-0.2, -0.15) is 0 Å². The first kappa shape index (κ1) is 11.5. The first-order chi connectivity index (χ1) is 8.08. The number of para-hydroxylation sites is 1. The SMILES string of the molecule is Cn1c(=O)cc(Sc2ccccc2N)[nH]c1=O. The molecule has 17 heavy (non-hydrogen) atoms. The van der Waals surface area contributed by atoms with Gasteiger partial charge in [0, 0.05) is 23.7 Å². The van der Waals surface area contributed by atoms with Crippen LogP contribution in [-0.4, -0.2) is 9.55 Å². The summed E-state index contributed by atoms with van der Waals surface area (Å²) in [4.78, 5) is 26.2. The van der Waals surface area contributed by atoms with Crippen LogP contribution in [-0.2, 0) is 7.05 Å². The molecular weight excluding hydrogens is 238 g/mol. The van der Waals surface area contributed by atoms with Gasteiger partial charge in [0.15, 0.2) is 0 Å². The van der Waals surface area contributed by atoms with Crippen LogP contribution < -0.4 is 17.0 Å². The third kappa shape index (κ3) is 2.42. The smallest absolute Gasteiger partial charge is 0.328 e. The van der Waals surface area contributed by atoms with E-state index >= 15 is 0 Å². The van der Waals surface area contributed by atoms with Crippen LogP contribution in [0.2, 0.25) is 0 Å². The van der Waals surface area contributed by atoms with Gasteiger partial charge in [0.25, 0.3) is 5.56 Å². The molecule has 0 amide bonds. The maximum Gasteiger partial charge on any atom is 0.328 e. The number of hydrogen-bond donors (Lipinski definition) is 2. The van der Waals surface area contributed by atoms with E-state index in [0.717, 1.165) is 9.46 Å². The minimum Gasteiger partial charge on any atom is -0.398 e. The van der Waals surface area contributed by atoms with Gasteiger partial charge in [-0.05, 0) is 12.1 Å². The number of hydrogen-bond acceptors (Lipinski definition) is 4. The normalized spacial score (nSPS) is 10.4. The summed E-state index contributed by atoms with van der Waals surface area (Å²) in [5.74, 6) is 0. The lowest BCUT2D eigenvalue weighted by molar-refractivity contribution is 0.748. The molecule has 0 radical (unpaired) electrons. The van der Waals surface area contributed by atoms with Crippen LogP contribution in [0.15, 0.2) is 49.8 Å². The largest absolute Gasteiger partial charge is 0.398 e. The molecule has 1 aromatic carbocycles. The van der Waals surface area contributed by atoms with Crippen LogP contribution in [0.3, 0.4) is 0 Å². The van der Waals surface area contributed by atoms with Gasteiger partial charge in [-0.25, -0.2) is 4.79 Å². The summed E-state index contributed by atoms with van der Waals surface area (Å²) in [6.07, 6.45) is 0. The molecule has 0 fully saturated rings. The van der Waals surface area contributed by atoms with Crippen molar-refractivity contribution in [1.29, 1.82) is 0 Å². The first-order valence-electron chi connectivity index (χ1n) is 4.90. The average molecular weight is 249 g/mol. The van der Waals surface area contributed by atoms with E-state index in [1.54, 1.807) is 6.07 Å². The second-order valence-corrected chi connectivity index (χ2v) is 4.56. The van der Waals surface area contributed by atoms with Gasteiger partial charge in [-0.15, -0.1) is 0 Å². The molecule has 3 N–H and O–H groups in total. The zero-order valence-corrected chi connectivity index (χ0v) is 9.95. The number of benzene rings is 1. The molecule has 0 saturated carbocycles. The van der Waals surface area contributed by atoms with E-state index in [9.17, 15) is 9.59 Å². The van der Waals surface area contributed by atoms with Crippen molar-refractivity contribution in [1.82, 2.24) is 9.55 Å². The summed E-state index contributed by atoms with van der Waals surface area (Å²) < 4.78 is 1.01. The van der Waals surface area contributed by atoms with Crippen molar-refractivity contribution in [2.45, 2.75) is 9.92 Å². The number of nitrogen functional groups attached to an aromatic ring is 1. The zero-order valence-electron chi connectivity index (χ0n) is 9.14. The van der Waals surface area contributed by atoms with Crippen LogP contribution in [0.4, 0.5) is 5.69 Å². The maximum absolute atomic E-state index is 11.4. The minimum atomic E-state index is -0.436. The molecule has 0 atom stereocenters. The van der Waals surface area contributed by atoms with Crippen molar-refractivity contribution in [2.75, 3.05) is 5.73 Å². The Balaban J connectivity index is 2.41. The Morgan fingerprint density at radius 2 is 2.00 bits per heavy atom. The molecule has 0 aliphatic rings. The first-order valence-corrected chi connectivity index (χ1v) is 5.72. The second kappa shape index (κ2) is 4.50. The van der Waals surface area contributed by atoms with E-state index in [1.165, 1.54) is 24.9 Å². The number of nitrogens with zero attached hydrogens (tertiary/aromatic N) is 1. The van der Waals surface area contributed by atoms with Crippen molar-refractivity contribution in [3.63, 3.8) is 0 Å². The Labute approximate surface area is 101 Å². The monoisotopic (exact) mass is 249 g/mol. The Morgan fingerprint density at radius 3 is 2.65 bits per heavy atom. The topological polar surface area (TPSA) is 80.9 Å². The minimum absolute atomic E-state index is 0.342. The molecule has 1 aromatic heterocycles. The lowest BCUT2D eigenvalue weighted by Crippen LogP contribution is -2.32. The van der Waals surface area contributed by atoms with Crippen LogP contribution in [0.1, 0.15) is 0 Å². The number of rotatable bonds is 2. The second-order valence-electron chi connectivity index (χ2n) is 3.48. The summed E-state index contributed by atoms with van der Waals surface area (Å²) in [6.45, 7) is 0. The van der Waals surface area contributed by atoms with E-state index in [-0.39, 0.29) is 5.56 Å². The summed E-state index contributed by atoms with van der Waals surface area (Å²) in [5.41, 5.74) is 5.61. The molecule has 1 heterocycles. The van der Waals surface area contributed by atoms with Crippen LogP contribution in [0.25, 0.3) is 0 Å². The van der Waals surface area contributed by atoms with Crippen molar-refractivity contribution in [2.24, 2.45) is 7.05 Å². The average Bonchev–Trinajstić information content (AvgIpc) is 2.29. The number of anilines is 1. The predicted molar refractivity (Wildman–Crippen MR) is 67.3 cm³/mol. The summed E-state index contributed by atoms with van der Waals surface area (Å²) in [5, 5.41) is 0.482. The van der Waals surface area contributed by atoms with E-state index in [1.807, 2.05) is 18.2 Å². The highest BCUT2D eigenvalue weighted by atomic mass is 32.2. The lowest BCUT2D eigenvalue weighted by Gasteiger charge is -2.04. The fraction of sp³-hybridized carbons (Fsp3) is 0.0909. The molecule has 0 bridgehead atoms. The van der Waals surface area contributed by atoms with Gasteiger partial charge in [-0.3, -0.25) is 9.36 Å². The Bertz CT molecular complexity index is 629. The summed E-state index contributed by atoms with van der Waals surface area (Å²) >= 11 is 1.26. The van der Waals surface area contributed by atoms with Crippen LogP contribution >= 0.6 is 11.8 Å². The standard InChI is InChI=1S/C11H11N3O2S/c1-14-10(15)6-9(13-11(14)16)17-8-5-3-2-4-7(8)12/h2-6H,12H2,1H3,(H,13,16). The maximum atomic E-state index is 11.4. The van der Waals surface area contributed by atoms with Gasteiger partial charge in [-0.1, -0.05) is 23.9 Å². The van der Waals surface area contributed by atoms with Crippen LogP contribution in [0, 0.1) is 0 Å². The molecule has 2 rings (SSSR count). The number of nitrogens with two attached hydrogens (primary N) is 1. The van der Waals surface area contributed by atoms with E-state index in [4.69, 9.17) is 5.73 Å². The molecule has 0 aliphatic heterocycles.